The van der Waals surface area contributed by atoms with Crippen molar-refractivity contribution in [1.82, 2.24) is 9.97 Å². The van der Waals surface area contributed by atoms with Crippen molar-refractivity contribution in [3.05, 3.63) is 103 Å². The quantitative estimate of drug-likeness (QED) is 0.379. The molecule has 0 aliphatic heterocycles. The van der Waals surface area contributed by atoms with Crippen molar-refractivity contribution in [2.75, 3.05) is 10.0 Å². The van der Waals surface area contributed by atoms with Crippen LogP contribution in [0.1, 0.15) is 5.56 Å². The van der Waals surface area contributed by atoms with E-state index in [1.807, 2.05) is 48.5 Å². The zero-order valence-corrected chi connectivity index (χ0v) is 17.9. The van der Waals surface area contributed by atoms with Gasteiger partial charge in [-0.1, -0.05) is 60.7 Å². The predicted octanol–water partition coefficient (Wildman–Crippen LogP) is 5.20. The molecule has 0 atom stereocenters. The van der Waals surface area contributed by atoms with E-state index in [1.54, 1.807) is 36.7 Å². The van der Waals surface area contributed by atoms with Gasteiger partial charge in [-0.25, -0.2) is 8.42 Å². The van der Waals surface area contributed by atoms with Crippen molar-refractivity contribution < 1.29 is 8.42 Å². The number of anilines is 2. The normalized spacial score (nSPS) is 11.5. The van der Waals surface area contributed by atoms with E-state index in [4.69, 9.17) is 0 Å². The maximum Gasteiger partial charge on any atom is 0.264 e. The van der Waals surface area contributed by atoms with E-state index in [9.17, 15) is 8.42 Å². The molecule has 0 aliphatic carbocycles. The Bertz CT molecular complexity index is 1510. The first-order chi connectivity index (χ1) is 15.6. The summed E-state index contributed by atoms with van der Waals surface area (Å²) in [6, 6.07) is 26.2. The summed E-state index contributed by atoms with van der Waals surface area (Å²) in [5.41, 5.74) is 3.46. The summed E-state index contributed by atoms with van der Waals surface area (Å²) in [6.45, 7) is 0.675. The van der Waals surface area contributed by atoms with Crippen LogP contribution in [0.2, 0.25) is 0 Å². The monoisotopic (exact) mass is 440 g/mol. The number of rotatable bonds is 6. The summed E-state index contributed by atoms with van der Waals surface area (Å²) in [5, 5.41) is 4.95. The summed E-state index contributed by atoms with van der Waals surface area (Å²) in [6.07, 6.45) is 3.30. The lowest BCUT2D eigenvalue weighted by Gasteiger charge is -2.13. The Morgan fingerprint density at radius 3 is 2.41 bits per heavy atom. The predicted molar refractivity (Wildman–Crippen MR) is 128 cm³/mol. The van der Waals surface area contributed by atoms with Gasteiger partial charge in [0.15, 0.2) is 0 Å². The number of sulfonamides is 1. The van der Waals surface area contributed by atoms with Crippen LogP contribution in [-0.4, -0.2) is 18.4 Å². The maximum absolute atomic E-state index is 13.2. The summed E-state index contributed by atoms with van der Waals surface area (Å²) in [5.74, 6) is 0. The van der Waals surface area contributed by atoms with Crippen molar-refractivity contribution in [3.63, 3.8) is 0 Å². The molecule has 32 heavy (non-hydrogen) atoms. The van der Waals surface area contributed by atoms with Crippen LogP contribution in [0.4, 0.5) is 11.4 Å². The number of nitrogens with one attached hydrogen (secondary N) is 2. The van der Waals surface area contributed by atoms with E-state index < -0.39 is 10.0 Å². The number of para-hydroxylation sites is 2. The molecule has 6 nitrogen and oxygen atoms in total. The van der Waals surface area contributed by atoms with Crippen LogP contribution in [0.15, 0.2) is 102 Å². The summed E-state index contributed by atoms with van der Waals surface area (Å²) < 4.78 is 29.1. The topological polar surface area (TPSA) is 84.0 Å². The summed E-state index contributed by atoms with van der Waals surface area (Å²) in [7, 11) is -3.86. The lowest BCUT2D eigenvalue weighted by Crippen LogP contribution is -2.14. The molecule has 0 amide bonds. The lowest BCUT2D eigenvalue weighted by atomic mass is 10.2. The largest absolute Gasteiger partial charge is 0.380 e. The number of hydrogen-bond donors (Lipinski definition) is 2. The lowest BCUT2D eigenvalue weighted by molar-refractivity contribution is 0.602. The number of hydrogen-bond acceptors (Lipinski definition) is 5. The third-order valence-corrected chi connectivity index (χ3v) is 6.58. The van der Waals surface area contributed by atoms with Crippen LogP contribution < -0.4 is 10.0 Å². The smallest absolute Gasteiger partial charge is 0.264 e. The Hall–Kier alpha value is -3.97. The fraction of sp³-hybridized carbons (Fsp3) is 0.0400. The van der Waals surface area contributed by atoms with Crippen molar-refractivity contribution >= 4 is 43.2 Å². The van der Waals surface area contributed by atoms with E-state index in [0.717, 1.165) is 22.0 Å². The third kappa shape index (κ3) is 3.98. The van der Waals surface area contributed by atoms with Crippen LogP contribution >= 0.6 is 0 Å². The SMILES string of the molecule is O=S(=O)(Nc1cccc2cc(NCc3ccccc3)cnc12)c1cccc2cccnc12. The zero-order valence-electron chi connectivity index (χ0n) is 17.1. The highest BCUT2D eigenvalue weighted by molar-refractivity contribution is 7.93. The van der Waals surface area contributed by atoms with Gasteiger partial charge in [-0.3, -0.25) is 14.7 Å². The Balaban J connectivity index is 1.45. The van der Waals surface area contributed by atoms with Gasteiger partial charge >= 0.3 is 0 Å². The van der Waals surface area contributed by atoms with E-state index in [1.165, 1.54) is 0 Å². The van der Waals surface area contributed by atoms with E-state index in [0.29, 0.717) is 23.3 Å². The molecular formula is C25H20N4O2S. The van der Waals surface area contributed by atoms with Gasteiger partial charge in [0.05, 0.1) is 28.6 Å². The second-order valence-corrected chi connectivity index (χ2v) is 9.03. The van der Waals surface area contributed by atoms with Crippen LogP contribution in [0.25, 0.3) is 21.8 Å². The molecule has 2 N–H and O–H groups in total. The van der Waals surface area contributed by atoms with E-state index >= 15 is 0 Å². The van der Waals surface area contributed by atoms with Crippen LogP contribution in [-0.2, 0) is 16.6 Å². The molecule has 0 fully saturated rings. The van der Waals surface area contributed by atoms with Gasteiger partial charge in [-0.2, -0.15) is 0 Å². The van der Waals surface area contributed by atoms with E-state index in [2.05, 4.69) is 32.1 Å². The highest BCUT2D eigenvalue weighted by Crippen LogP contribution is 2.28. The molecule has 0 saturated carbocycles. The number of benzene rings is 3. The summed E-state index contributed by atoms with van der Waals surface area (Å²) in [4.78, 5) is 8.93. The minimum atomic E-state index is -3.86. The number of fused-ring (bicyclic) bond motifs is 2. The molecule has 2 heterocycles. The van der Waals surface area contributed by atoms with Gasteiger partial charge in [0.25, 0.3) is 10.0 Å². The maximum atomic E-state index is 13.2. The molecular weight excluding hydrogens is 420 g/mol. The van der Waals surface area contributed by atoms with Crippen molar-refractivity contribution in [2.24, 2.45) is 0 Å². The molecule has 0 bridgehead atoms. The zero-order chi connectivity index (χ0) is 22.0. The molecule has 158 valence electrons. The molecule has 5 rings (SSSR count). The molecule has 0 aliphatic rings. The Kier molecular flexibility index (Phi) is 5.17. The first-order valence-corrected chi connectivity index (χ1v) is 11.6. The van der Waals surface area contributed by atoms with Crippen LogP contribution in [0.5, 0.6) is 0 Å². The van der Waals surface area contributed by atoms with Gasteiger partial charge in [0.2, 0.25) is 0 Å². The molecule has 0 radical (unpaired) electrons. The molecule has 3 aromatic carbocycles. The Morgan fingerprint density at radius 1 is 0.750 bits per heavy atom. The van der Waals surface area contributed by atoms with Crippen molar-refractivity contribution in [2.45, 2.75) is 11.4 Å². The van der Waals surface area contributed by atoms with Gasteiger partial charge in [0.1, 0.15) is 4.90 Å². The number of pyridine rings is 2. The minimum Gasteiger partial charge on any atom is -0.380 e. The molecule has 0 spiro atoms. The average molecular weight is 441 g/mol. The van der Waals surface area contributed by atoms with E-state index in [-0.39, 0.29) is 4.90 Å². The highest BCUT2D eigenvalue weighted by Gasteiger charge is 2.19. The second-order valence-electron chi connectivity index (χ2n) is 7.38. The molecule has 2 aromatic heterocycles. The first-order valence-electron chi connectivity index (χ1n) is 10.1. The average Bonchev–Trinajstić information content (AvgIpc) is 2.83. The first kappa shape index (κ1) is 20.0. The van der Waals surface area contributed by atoms with Crippen LogP contribution in [0, 0.1) is 0 Å². The van der Waals surface area contributed by atoms with Gasteiger partial charge in [0, 0.05) is 23.5 Å². The van der Waals surface area contributed by atoms with Crippen molar-refractivity contribution in [1.29, 1.82) is 0 Å². The van der Waals surface area contributed by atoms with Crippen molar-refractivity contribution in [3.8, 4) is 0 Å². The molecule has 7 heteroatoms. The standard InChI is InChI=1S/C25H20N4O2S/c30-32(31,23-13-5-9-19-11-6-14-26-25(19)23)29-22-12-4-10-20-15-21(17-28-24(20)22)27-16-18-7-2-1-3-8-18/h1-15,17,27,29H,16H2. The fourth-order valence-electron chi connectivity index (χ4n) is 3.63. The Morgan fingerprint density at radius 2 is 1.53 bits per heavy atom. The van der Waals surface area contributed by atoms with Gasteiger partial charge in [-0.15, -0.1) is 0 Å². The highest BCUT2D eigenvalue weighted by atomic mass is 32.2. The minimum absolute atomic E-state index is 0.133. The fourth-order valence-corrected chi connectivity index (χ4v) is 4.88. The molecule has 0 saturated heterocycles. The van der Waals surface area contributed by atoms with Gasteiger partial charge in [-0.05, 0) is 29.8 Å². The molecule has 0 unspecified atom stereocenters. The number of aromatic nitrogens is 2. The summed E-state index contributed by atoms with van der Waals surface area (Å²) >= 11 is 0. The third-order valence-electron chi connectivity index (χ3n) is 5.18. The van der Waals surface area contributed by atoms with Crippen LogP contribution in [0.3, 0.4) is 0 Å². The number of nitrogens with zero attached hydrogens (tertiary/aromatic N) is 2. The second kappa shape index (κ2) is 8.28. The van der Waals surface area contributed by atoms with Gasteiger partial charge < -0.3 is 5.32 Å². The Labute approximate surface area is 186 Å². The molecule has 5 aromatic rings.